The van der Waals surface area contributed by atoms with Crippen LogP contribution in [0.3, 0.4) is 0 Å². The first kappa shape index (κ1) is 16.4. The second kappa shape index (κ2) is 6.36. The Morgan fingerprint density at radius 1 is 1.35 bits per heavy atom. The summed E-state index contributed by atoms with van der Waals surface area (Å²) < 4.78 is 1.67. The molecule has 1 fully saturated rings. The summed E-state index contributed by atoms with van der Waals surface area (Å²) in [7, 11) is 1.81. The summed E-state index contributed by atoms with van der Waals surface area (Å²) in [5, 5.41) is 12.8. The molecule has 26 heavy (non-hydrogen) atoms. The number of aryl methyl sites for hydroxylation is 1. The fourth-order valence-corrected chi connectivity index (χ4v) is 2.93. The molecular weight excluding hydrogens is 332 g/mol. The second-order valence-corrected chi connectivity index (χ2v) is 6.78. The number of carbonyl (C=O) groups excluding carboxylic acids is 2. The van der Waals surface area contributed by atoms with Gasteiger partial charge >= 0.3 is 0 Å². The number of nitrogens with one attached hydrogen (secondary N) is 1. The molecule has 2 amide bonds. The Balaban J connectivity index is 1.44. The molecule has 0 radical (unpaired) electrons. The summed E-state index contributed by atoms with van der Waals surface area (Å²) in [6.07, 6.45) is 2.73. The van der Waals surface area contributed by atoms with Crippen LogP contribution >= 0.6 is 0 Å². The van der Waals surface area contributed by atoms with Gasteiger partial charge in [-0.25, -0.2) is 9.99 Å². The molecule has 1 saturated carbocycles. The van der Waals surface area contributed by atoms with E-state index in [1.165, 1.54) is 5.01 Å². The number of hydrogen-bond acceptors (Lipinski definition) is 5. The summed E-state index contributed by atoms with van der Waals surface area (Å²) in [4.78, 5) is 28.8. The number of aromatic nitrogens is 3. The van der Waals surface area contributed by atoms with Crippen LogP contribution in [-0.4, -0.2) is 32.3 Å². The van der Waals surface area contributed by atoms with Gasteiger partial charge in [0.2, 0.25) is 5.91 Å². The lowest BCUT2D eigenvalue weighted by Gasteiger charge is -2.13. The van der Waals surface area contributed by atoms with Gasteiger partial charge in [-0.1, -0.05) is 6.07 Å². The van der Waals surface area contributed by atoms with Crippen LogP contribution in [0.25, 0.3) is 0 Å². The van der Waals surface area contributed by atoms with Crippen molar-refractivity contribution in [3.8, 4) is 0 Å². The minimum Gasteiger partial charge on any atom is -0.326 e. The van der Waals surface area contributed by atoms with Gasteiger partial charge in [-0.05, 0) is 38.0 Å². The minimum atomic E-state index is -0.174. The average molecular weight is 352 g/mol. The largest absolute Gasteiger partial charge is 0.326 e. The van der Waals surface area contributed by atoms with Crippen LogP contribution in [0.15, 0.2) is 29.4 Å². The number of rotatable bonds is 5. The van der Waals surface area contributed by atoms with Gasteiger partial charge < -0.3 is 5.32 Å². The third-order valence-corrected chi connectivity index (χ3v) is 4.42. The highest BCUT2D eigenvalue weighted by atomic mass is 16.2. The molecule has 0 spiro atoms. The lowest BCUT2D eigenvalue weighted by Crippen LogP contribution is -2.20. The highest BCUT2D eigenvalue weighted by Gasteiger charge is 2.29. The van der Waals surface area contributed by atoms with Gasteiger partial charge in [-0.15, -0.1) is 0 Å². The van der Waals surface area contributed by atoms with Gasteiger partial charge in [0.25, 0.3) is 5.91 Å². The Morgan fingerprint density at radius 2 is 2.15 bits per heavy atom. The Hall–Kier alpha value is -3.03. The Morgan fingerprint density at radius 3 is 2.85 bits per heavy atom. The van der Waals surface area contributed by atoms with E-state index in [-0.39, 0.29) is 18.2 Å². The van der Waals surface area contributed by atoms with Gasteiger partial charge in [-0.3, -0.25) is 14.3 Å². The molecule has 8 heteroatoms. The fourth-order valence-electron chi connectivity index (χ4n) is 2.93. The first-order chi connectivity index (χ1) is 12.5. The van der Waals surface area contributed by atoms with Crippen molar-refractivity contribution in [1.82, 2.24) is 14.8 Å². The molecule has 1 aliphatic carbocycles. The van der Waals surface area contributed by atoms with Gasteiger partial charge in [0, 0.05) is 24.4 Å². The molecule has 134 valence electrons. The Bertz CT molecular complexity index is 912. The van der Waals surface area contributed by atoms with Crippen molar-refractivity contribution in [3.05, 3.63) is 35.9 Å². The zero-order valence-electron chi connectivity index (χ0n) is 14.8. The van der Waals surface area contributed by atoms with Crippen LogP contribution in [-0.2, 0) is 23.1 Å². The SMILES string of the molecule is CC1=NN(c2cccc(NC(=O)Cc3nc(C4CC4)nn3C)c2)C(=O)C1. The van der Waals surface area contributed by atoms with Crippen molar-refractivity contribution in [1.29, 1.82) is 0 Å². The number of benzene rings is 1. The van der Waals surface area contributed by atoms with E-state index >= 15 is 0 Å². The monoisotopic (exact) mass is 352 g/mol. The molecule has 2 heterocycles. The van der Waals surface area contributed by atoms with Crippen LogP contribution < -0.4 is 10.3 Å². The smallest absolute Gasteiger partial charge is 0.253 e. The summed E-state index contributed by atoms with van der Waals surface area (Å²) in [6, 6.07) is 7.10. The first-order valence-electron chi connectivity index (χ1n) is 8.66. The van der Waals surface area contributed by atoms with Gasteiger partial charge in [-0.2, -0.15) is 10.2 Å². The second-order valence-electron chi connectivity index (χ2n) is 6.78. The van der Waals surface area contributed by atoms with E-state index in [1.54, 1.807) is 36.0 Å². The van der Waals surface area contributed by atoms with Crippen molar-refractivity contribution in [2.24, 2.45) is 12.1 Å². The molecule has 4 rings (SSSR count). The normalized spacial score (nSPS) is 16.8. The van der Waals surface area contributed by atoms with Crippen LogP contribution in [0, 0.1) is 0 Å². The fraction of sp³-hybridized carbons (Fsp3) is 0.389. The molecule has 1 aromatic carbocycles. The first-order valence-corrected chi connectivity index (χ1v) is 8.66. The molecule has 1 aromatic heterocycles. The standard InChI is InChI=1S/C18H20N6O2/c1-11-8-17(26)24(21-11)14-5-3-4-13(9-14)19-16(25)10-15-20-18(12-6-7-12)22-23(15)2/h3-5,9,12H,6-8,10H2,1-2H3,(H,19,25). The Kier molecular flexibility index (Phi) is 4.02. The van der Waals surface area contributed by atoms with Crippen molar-refractivity contribution < 1.29 is 9.59 Å². The highest BCUT2D eigenvalue weighted by Crippen LogP contribution is 2.38. The number of anilines is 2. The summed E-state index contributed by atoms with van der Waals surface area (Å²) in [5.41, 5.74) is 2.03. The van der Waals surface area contributed by atoms with Crippen molar-refractivity contribution in [3.63, 3.8) is 0 Å². The maximum Gasteiger partial charge on any atom is 0.253 e. The number of hydrogen-bond donors (Lipinski definition) is 1. The molecule has 8 nitrogen and oxygen atoms in total. The van der Waals surface area contributed by atoms with Gasteiger partial charge in [0.15, 0.2) is 5.82 Å². The predicted molar refractivity (Wildman–Crippen MR) is 97.0 cm³/mol. The third-order valence-electron chi connectivity index (χ3n) is 4.42. The molecular formula is C18H20N6O2. The molecule has 0 saturated heterocycles. The van der Waals surface area contributed by atoms with Crippen molar-refractivity contribution in [2.75, 3.05) is 10.3 Å². The van der Waals surface area contributed by atoms with E-state index in [0.717, 1.165) is 24.4 Å². The minimum absolute atomic E-state index is 0.0716. The van der Waals surface area contributed by atoms with E-state index in [9.17, 15) is 9.59 Å². The third kappa shape index (κ3) is 3.35. The maximum absolute atomic E-state index is 12.4. The van der Waals surface area contributed by atoms with Crippen molar-refractivity contribution in [2.45, 2.75) is 38.5 Å². The zero-order valence-corrected chi connectivity index (χ0v) is 14.8. The van der Waals surface area contributed by atoms with E-state index in [2.05, 4.69) is 20.5 Å². The molecule has 2 aromatic rings. The molecule has 1 N–H and O–H groups in total. The molecule has 0 atom stereocenters. The summed E-state index contributed by atoms with van der Waals surface area (Å²) in [6.45, 7) is 1.82. The zero-order chi connectivity index (χ0) is 18.3. The molecule has 0 bridgehead atoms. The number of carbonyl (C=O) groups is 2. The quantitative estimate of drug-likeness (QED) is 0.890. The number of amides is 2. The number of nitrogens with zero attached hydrogens (tertiary/aromatic N) is 5. The van der Waals surface area contributed by atoms with Crippen LogP contribution in [0.5, 0.6) is 0 Å². The van der Waals surface area contributed by atoms with Crippen LogP contribution in [0.4, 0.5) is 11.4 Å². The maximum atomic E-state index is 12.4. The number of hydrazone groups is 1. The lowest BCUT2D eigenvalue weighted by molar-refractivity contribution is -0.117. The topological polar surface area (TPSA) is 92.5 Å². The molecule has 0 unspecified atom stereocenters. The van der Waals surface area contributed by atoms with Gasteiger partial charge in [0.05, 0.1) is 18.5 Å². The lowest BCUT2D eigenvalue weighted by atomic mass is 10.2. The summed E-state index contributed by atoms with van der Waals surface area (Å²) in [5.74, 6) is 1.69. The van der Waals surface area contributed by atoms with E-state index < -0.39 is 0 Å². The highest BCUT2D eigenvalue weighted by molar-refractivity contribution is 6.12. The van der Waals surface area contributed by atoms with Crippen molar-refractivity contribution >= 4 is 28.9 Å². The van der Waals surface area contributed by atoms with E-state index in [0.29, 0.717) is 29.5 Å². The predicted octanol–water partition coefficient (Wildman–Crippen LogP) is 1.99. The Labute approximate surface area is 150 Å². The van der Waals surface area contributed by atoms with E-state index in [1.807, 2.05) is 6.92 Å². The van der Waals surface area contributed by atoms with E-state index in [4.69, 9.17) is 0 Å². The molecule has 2 aliphatic rings. The van der Waals surface area contributed by atoms with Gasteiger partial charge in [0.1, 0.15) is 5.82 Å². The van der Waals surface area contributed by atoms with Crippen LogP contribution in [0.2, 0.25) is 0 Å². The molecule has 1 aliphatic heterocycles. The van der Waals surface area contributed by atoms with Crippen LogP contribution in [0.1, 0.15) is 43.8 Å². The summed E-state index contributed by atoms with van der Waals surface area (Å²) >= 11 is 0. The average Bonchev–Trinajstić information content (AvgIpc) is 3.30.